The Kier molecular flexibility index (Phi) is 9.18. The van der Waals surface area contributed by atoms with Crippen molar-refractivity contribution in [2.24, 2.45) is 5.92 Å². The fourth-order valence-corrected chi connectivity index (χ4v) is 3.47. The molecule has 0 amide bonds. The average Bonchev–Trinajstić information content (AvgIpc) is 2.72. The van der Waals surface area contributed by atoms with E-state index >= 15 is 0 Å². The van der Waals surface area contributed by atoms with E-state index in [9.17, 15) is 0 Å². The molecule has 156 valence electrons. The summed E-state index contributed by atoms with van der Waals surface area (Å²) < 4.78 is 5.75. The van der Waals surface area contributed by atoms with Gasteiger partial charge in [-0.3, -0.25) is 4.90 Å². The summed E-state index contributed by atoms with van der Waals surface area (Å²) in [4.78, 5) is 20.8. The molecule has 0 aliphatic carbocycles. The Morgan fingerprint density at radius 1 is 0.966 bits per heavy atom. The number of ether oxygens (including phenoxy) is 1. The second-order valence-corrected chi connectivity index (χ2v) is 7.06. The number of piperidine rings is 1. The summed E-state index contributed by atoms with van der Waals surface area (Å²) >= 11 is 0. The van der Waals surface area contributed by atoms with E-state index in [4.69, 9.17) is 24.5 Å². The molecule has 1 aliphatic rings. The predicted molar refractivity (Wildman–Crippen MR) is 111 cm³/mol. The van der Waals surface area contributed by atoms with E-state index in [2.05, 4.69) is 59.5 Å². The molecule has 1 saturated heterocycles. The Hall–Kier alpha value is -2.86. The molecule has 0 atom stereocenters. The molecule has 6 nitrogen and oxygen atoms in total. The van der Waals surface area contributed by atoms with Gasteiger partial charge in [0.25, 0.3) is 0 Å². The van der Waals surface area contributed by atoms with Crippen LogP contribution in [0, 0.1) is 5.92 Å². The molecule has 0 bridgehead atoms. The first-order valence-electron chi connectivity index (χ1n) is 9.92. The monoisotopic (exact) mass is 399 g/mol. The van der Waals surface area contributed by atoms with Gasteiger partial charge in [-0.25, -0.2) is 9.59 Å². The third-order valence-electron chi connectivity index (χ3n) is 4.92. The number of nitrogens with zero attached hydrogens (tertiary/aromatic N) is 1. The molecule has 0 saturated carbocycles. The van der Waals surface area contributed by atoms with Gasteiger partial charge in [-0.05, 0) is 56.8 Å². The summed E-state index contributed by atoms with van der Waals surface area (Å²) in [5.41, 5.74) is 2.79. The molecule has 0 radical (unpaired) electrons. The first-order valence-corrected chi connectivity index (χ1v) is 9.92. The highest BCUT2D eigenvalue weighted by molar-refractivity contribution is 6.27. The largest absolute Gasteiger partial charge is 0.494 e. The lowest BCUT2D eigenvalue weighted by atomic mass is 9.90. The van der Waals surface area contributed by atoms with Crippen LogP contribution in [0.25, 0.3) is 0 Å². The normalized spacial score (nSPS) is 14.5. The van der Waals surface area contributed by atoms with Crippen molar-refractivity contribution in [2.75, 3.05) is 19.7 Å². The standard InChI is InChI=1S/C21H27NO.C2H2O4/c1-2-23-21-11-7-6-10-20(21)17-22-14-12-19(13-15-22)16-18-8-4-3-5-9-18;3-1(4)2(5)6/h3-11,19H,2,12-17H2,1H3;(H,3,4)(H,5,6). The maximum absolute atomic E-state index is 9.10. The summed E-state index contributed by atoms with van der Waals surface area (Å²) in [7, 11) is 0. The molecule has 1 aliphatic heterocycles. The van der Waals surface area contributed by atoms with Crippen LogP contribution in [-0.4, -0.2) is 46.7 Å². The lowest BCUT2D eigenvalue weighted by molar-refractivity contribution is -0.159. The molecule has 2 aromatic carbocycles. The number of likely N-dealkylation sites (tertiary alicyclic amines) is 1. The molecule has 0 aromatic heterocycles. The second-order valence-electron chi connectivity index (χ2n) is 7.06. The smallest absolute Gasteiger partial charge is 0.414 e. The highest BCUT2D eigenvalue weighted by Crippen LogP contribution is 2.25. The average molecular weight is 399 g/mol. The Morgan fingerprint density at radius 2 is 1.55 bits per heavy atom. The number of rotatable bonds is 6. The predicted octanol–water partition coefficient (Wildman–Crippen LogP) is 3.70. The van der Waals surface area contributed by atoms with Gasteiger partial charge >= 0.3 is 11.9 Å². The Labute approximate surface area is 171 Å². The van der Waals surface area contributed by atoms with Gasteiger partial charge < -0.3 is 14.9 Å². The van der Waals surface area contributed by atoms with Crippen molar-refractivity contribution in [2.45, 2.75) is 32.7 Å². The molecule has 29 heavy (non-hydrogen) atoms. The number of carboxylic acids is 2. The molecule has 1 fully saturated rings. The first kappa shape index (κ1) is 22.4. The maximum Gasteiger partial charge on any atom is 0.414 e. The molecule has 2 aromatic rings. The van der Waals surface area contributed by atoms with Crippen LogP contribution >= 0.6 is 0 Å². The summed E-state index contributed by atoms with van der Waals surface area (Å²) in [6.07, 6.45) is 3.82. The minimum absolute atomic E-state index is 0.732. The molecule has 1 heterocycles. The van der Waals surface area contributed by atoms with Crippen LogP contribution < -0.4 is 4.74 Å². The fourth-order valence-electron chi connectivity index (χ4n) is 3.47. The number of carboxylic acid groups (broad SMARTS) is 2. The van der Waals surface area contributed by atoms with Gasteiger partial charge in [-0.1, -0.05) is 48.5 Å². The van der Waals surface area contributed by atoms with Gasteiger partial charge in [0.05, 0.1) is 6.61 Å². The summed E-state index contributed by atoms with van der Waals surface area (Å²) in [5.74, 6) is -1.78. The van der Waals surface area contributed by atoms with Crippen LogP contribution in [0.4, 0.5) is 0 Å². The SMILES string of the molecule is CCOc1ccccc1CN1CCC(Cc2ccccc2)CC1.O=C(O)C(=O)O. The highest BCUT2D eigenvalue weighted by atomic mass is 16.5. The minimum atomic E-state index is -1.82. The minimum Gasteiger partial charge on any atom is -0.494 e. The van der Waals surface area contributed by atoms with Gasteiger partial charge in [0.2, 0.25) is 0 Å². The third-order valence-corrected chi connectivity index (χ3v) is 4.92. The summed E-state index contributed by atoms with van der Waals surface area (Å²) in [6, 6.07) is 19.4. The van der Waals surface area contributed by atoms with Crippen LogP contribution in [0.3, 0.4) is 0 Å². The molecule has 3 rings (SSSR count). The molecule has 2 N–H and O–H groups in total. The van der Waals surface area contributed by atoms with Crippen LogP contribution in [0.15, 0.2) is 54.6 Å². The van der Waals surface area contributed by atoms with E-state index in [0.29, 0.717) is 0 Å². The fraction of sp³-hybridized carbons (Fsp3) is 0.391. The van der Waals surface area contributed by atoms with Gasteiger partial charge in [-0.2, -0.15) is 0 Å². The molecule has 6 heteroatoms. The van der Waals surface area contributed by atoms with Crippen molar-refractivity contribution in [1.29, 1.82) is 0 Å². The Morgan fingerprint density at radius 3 is 2.14 bits per heavy atom. The van der Waals surface area contributed by atoms with Gasteiger partial charge in [0.15, 0.2) is 0 Å². The van der Waals surface area contributed by atoms with E-state index < -0.39 is 11.9 Å². The van der Waals surface area contributed by atoms with Crippen molar-refractivity contribution < 1.29 is 24.5 Å². The van der Waals surface area contributed by atoms with Crippen LogP contribution in [0.2, 0.25) is 0 Å². The lowest BCUT2D eigenvalue weighted by Crippen LogP contribution is -2.34. The van der Waals surface area contributed by atoms with E-state index in [-0.39, 0.29) is 0 Å². The summed E-state index contributed by atoms with van der Waals surface area (Å²) in [5, 5.41) is 14.8. The van der Waals surface area contributed by atoms with Gasteiger partial charge in [0, 0.05) is 12.1 Å². The van der Waals surface area contributed by atoms with Gasteiger partial charge in [-0.15, -0.1) is 0 Å². The number of hydrogen-bond donors (Lipinski definition) is 2. The zero-order valence-electron chi connectivity index (χ0n) is 16.8. The second kappa shape index (κ2) is 11.9. The van der Waals surface area contributed by atoms with Crippen molar-refractivity contribution in [3.05, 3.63) is 65.7 Å². The lowest BCUT2D eigenvalue weighted by Gasteiger charge is -2.32. The number of carbonyl (C=O) groups is 2. The molecular weight excluding hydrogens is 370 g/mol. The quantitative estimate of drug-likeness (QED) is 0.721. The van der Waals surface area contributed by atoms with Crippen LogP contribution in [0.5, 0.6) is 5.75 Å². The number of benzene rings is 2. The van der Waals surface area contributed by atoms with Gasteiger partial charge in [0.1, 0.15) is 5.75 Å². The first-order chi connectivity index (χ1) is 14.0. The zero-order valence-corrected chi connectivity index (χ0v) is 16.8. The topological polar surface area (TPSA) is 87.1 Å². The van der Waals surface area contributed by atoms with Crippen LogP contribution in [-0.2, 0) is 22.6 Å². The van der Waals surface area contributed by atoms with Crippen molar-refractivity contribution >= 4 is 11.9 Å². The summed E-state index contributed by atoms with van der Waals surface area (Å²) in [6.45, 7) is 6.17. The molecular formula is C23H29NO5. The third kappa shape index (κ3) is 7.95. The number of hydrogen-bond acceptors (Lipinski definition) is 4. The van der Waals surface area contributed by atoms with E-state index in [1.807, 2.05) is 6.92 Å². The van der Waals surface area contributed by atoms with Crippen molar-refractivity contribution in [3.8, 4) is 5.75 Å². The Bertz CT molecular complexity index is 758. The highest BCUT2D eigenvalue weighted by Gasteiger charge is 2.20. The van der Waals surface area contributed by atoms with E-state index in [1.165, 1.54) is 43.5 Å². The Balaban J connectivity index is 0.000000438. The molecule has 0 spiro atoms. The zero-order chi connectivity index (χ0) is 21.1. The van der Waals surface area contributed by atoms with Crippen molar-refractivity contribution in [3.63, 3.8) is 0 Å². The molecule has 0 unspecified atom stereocenters. The maximum atomic E-state index is 9.10. The number of para-hydroxylation sites is 1. The van der Waals surface area contributed by atoms with Crippen LogP contribution in [0.1, 0.15) is 30.9 Å². The van der Waals surface area contributed by atoms with E-state index in [0.717, 1.165) is 24.8 Å². The number of aliphatic carboxylic acids is 2. The van der Waals surface area contributed by atoms with Crippen molar-refractivity contribution in [1.82, 2.24) is 4.90 Å². The van der Waals surface area contributed by atoms with E-state index in [1.54, 1.807) is 0 Å².